The number of rotatable bonds is 7. The van der Waals surface area contributed by atoms with E-state index >= 15 is 0 Å². The quantitative estimate of drug-likeness (QED) is 0.597. The molecule has 0 atom stereocenters. The second-order valence-corrected chi connectivity index (χ2v) is 5.73. The summed E-state index contributed by atoms with van der Waals surface area (Å²) in [5.74, 6) is -1.13. The summed E-state index contributed by atoms with van der Waals surface area (Å²) in [5.41, 5.74) is -0.730. The highest BCUT2D eigenvalue weighted by Crippen LogP contribution is 2.31. The largest absolute Gasteiger partial charge is 0.459 e. The Hall–Kier alpha value is -3.63. The van der Waals surface area contributed by atoms with Gasteiger partial charge in [0.05, 0.1) is 18.2 Å². The molecule has 0 saturated carbocycles. The van der Waals surface area contributed by atoms with Gasteiger partial charge in [0.15, 0.2) is 12.4 Å². The second kappa shape index (κ2) is 8.59. The van der Waals surface area contributed by atoms with Crippen molar-refractivity contribution in [3.63, 3.8) is 0 Å². The number of aromatic nitrogens is 2. The summed E-state index contributed by atoms with van der Waals surface area (Å²) in [6.45, 7) is -0.325. The van der Waals surface area contributed by atoms with Gasteiger partial charge >= 0.3 is 12.1 Å². The van der Waals surface area contributed by atoms with Gasteiger partial charge in [0.2, 0.25) is 5.82 Å². The number of furan rings is 1. The minimum Gasteiger partial charge on any atom is -0.459 e. The van der Waals surface area contributed by atoms with Crippen LogP contribution in [0.5, 0.6) is 0 Å². The molecule has 0 spiro atoms. The van der Waals surface area contributed by atoms with Gasteiger partial charge in [-0.15, -0.1) is 0 Å². The molecule has 2 aromatic heterocycles. The van der Waals surface area contributed by atoms with Gasteiger partial charge in [-0.1, -0.05) is 17.3 Å². The number of alkyl halides is 3. The number of hydrogen-bond acceptors (Lipinski definition) is 7. The van der Waals surface area contributed by atoms with Gasteiger partial charge in [-0.3, -0.25) is 9.59 Å². The molecule has 0 saturated heterocycles. The number of nitrogens with one attached hydrogen (secondary N) is 1. The van der Waals surface area contributed by atoms with Crippen LogP contribution in [0.2, 0.25) is 0 Å². The number of benzene rings is 1. The Kier molecular flexibility index (Phi) is 5.96. The molecule has 1 amide bonds. The lowest BCUT2D eigenvalue weighted by Gasteiger charge is -2.06. The van der Waals surface area contributed by atoms with Crippen molar-refractivity contribution < 1.29 is 36.4 Å². The summed E-state index contributed by atoms with van der Waals surface area (Å²) in [7, 11) is 0. The van der Waals surface area contributed by atoms with E-state index in [1.54, 1.807) is 6.07 Å². The number of carbonyl (C=O) groups excluding carboxylic acids is 2. The van der Waals surface area contributed by atoms with Crippen LogP contribution in [0, 0.1) is 0 Å². The van der Waals surface area contributed by atoms with Crippen LogP contribution in [0.3, 0.4) is 0 Å². The topological polar surface area (TPSA) is 107 Å². The van der Waals surface area contributed by atoms with Gasteiger partial charge in [-0.2, -0.15) is 18.2 Å². The van der Waals surface area contributed by atoms with Crippen LogP contribution in [0.1, 0.15) is 28.4 Å². The Labute approximate surface area is 161 Å². The van der Waals surface area contributed by atoms with E-state index in [1.165, 1.54) is 24.5 Å². The second-order valence-electron chi connectivity index (χ2n) is 5.73. The third-order valence-corrected chi connectivity index (χ3v) is 3.63. The van der Waals surface area contributed by atoms with Crippen molar-refractivity contribution in [3.05, 3.63) is 59.9 Å². The summed E-state index contributed by atoms with van der Waals surface area (Å²) in [6.07, 6.45) is -3.26. The zero-order valence-electron chi connectivity index (χ0n) is 14.7. The molecule has 1 N–H and O–H groups in total. The van der Waals surface area contributed by atoms with Gasteiger partial charge in [-0.05, 0) is 24.3 Å². The number of esters is 1. The molecule has 0 aliphatic rings. The summed E-state index contributed by atoms with van der Waals surface area (Å²) >= 11 is 0. The van der Waals surface area contributed by atoms with Crippen LogP contribution in [-0.2, 0) is 22.3 Å². The Morgan fingerprint density at radius 3 is 2.72 bits per heavy atom. The van der Waals surface area contributed by atoms with Crippen LogP contribution < -0.4 is 5.32 Å². The van der Waals surface area contributed by atoms with Gasteiger partial charge in [0.1, 0.15) is 0 Å². The van der Waals surface area contributed by atoms with E-state index < -0.39 is 23.6 Å². The van der Waals surface area contributed by atoms with Crippen molar-refractivity contribution >= 4 is 11.9 Å². The molecule has 0 aliphatic heterocycles. The van der Waals surface area contributed by atoms with E-state index in [0.717, 1.165) is 12.1 Å². The van der Waals surface area contributed by atoms with E-state index in [-0.39, 0.29) is 42.6 Å². The molecular formula is C18H14F3N3O5. The minimum absolute atomic E-state index is 0.0255. The first-order valence-electron chi connectivity index (χ1n) is 8.30. The van der Waals surface area contributed by atoms with Crippen LogP contribution >= 0.6 is 0 Å². The Morgan fingerprint density at radius 1 is 1.17 bits per heavy atom. The smallest absolute Gasteiger partial charge is 0.416 e. The molecule has 152 valence electrons. The van der Waals surface area contributed by atoms with Crippen LogP contribution in [0.25, 0.3) is 11.4 Å². The van der Waals surface area contributed by atoms with Crippen LogP contribution in [0.4, 0.5) is 13.2 Å². The standard InChI is InChI=1S/C18H14F3N3O5/c19-18(20,21)12-4-1-3-11(9-12)16-23-14(29-24-16)10-28-15(25)6-7-22-17(26)13-5-2-8-27-13/h1-5,8-9H,6-7,10H2,(H,22,26). The fraction of sp³-hybridized carbons (Fsp3) is 0.222. The number of carbonyl (C=O) groups is 2. The average molecular weight is 409 g/mol. The lowest BCUT2D eigenvalue weighted by molar-refractivity contribution is -0.145. The molecule has 0 bridgehead atoms. The molecular weight excluding hydrogens is 395 g/mol. The fourth-order valence-corrected chi connectivity index (χ4v) is 2.25. The molecule has 8 nitrogen and oxygen atoms in total. The van der Waals surface area contributed by atoms with Crippen molar-refractivity contribution in [2.75, 3.05) is 6.54 Å². The van der Waals surface area contributed by atoms with Crippen molar-refractivity contribution in [2.45, 2.75) is 19.2 Å². The van der Waals surface area contributed by atoms with E-state index in [1.807, 2.05) is 0 Å². The first-order valence-corrected chi connectivity index (χ1v) is 8.30. The average Bonchev–Trinajstić information content (AvgIpc) is 3.38. The molecule has 0 aliphatic carbocycles. The number of nitrogens with zero attached hydrogens (tertiary/aromatic N) is 2. The lowest BCUT2D eigenvalue weighted by Crippen LogP contribution is -2.26. The number of ether oxygens (including phenoxy) is 1. The zero-order chi connectivity index (χ0) is 20.9. The maximum absolute atomic E-state index is 12.8. The third kappa shape index (κ3) is 5.43. The minimum atomic E-state index is -4.50. The molecule has 0 unspecified atom stereocenters. The Balaban J connectivity index is 1.48. The van der Waals surface area contributed by atoms with Crippen molar-refractivity contribution in [1.29, 1.82) is 0 Å². The molecule has 11 heteroatoms. The molecule has 0 radical (unpaired) electrons. The predicted octanol–water partition coefficient (Wildman–Crippen LogP) is 3.21. The first-order chi connectivity index (χ1) is 13.8. The summed E-state index contributed by atoms with van der Waals surface area (Å²) in [6, 6.07) is 7.48. The summed E-state index contributed by atoms with van der Waals surface area (Å²) < 4.78 is 53.1. The van der Waals surface area contributed by atoms with Crippen LogP contribution in [-0.4, -0.2) is 28.6 Å². The van der Waals surface area contributed by atoms with E-state index in [4.69, 9.17) is 13.7 Å². The Bertz CT molecular complexity index is 983. The molecule has 1 aromatic carbocycles. The molecule has 3 rings (SSSR count). The Morgan fingerprint density at radius 2 is 2.00 bits per heavy atom. The van der Waals surface area contributed by atoms with Crippen LogP contribution in [0.15, 0.2) is 51.6 Å². The molecule has 2 heterocycles. The predicted molar refractivity (Wildman–Crippen MR) is 90.2 cm³/mol. The fourth-order valence-electron chi connectivity index (χ4n) is 2.25. The van der Waals surface area contributed by atoms with Gasteiger partial charge in [0, 0.05) is 12.1 Å². The molecule has 3 aromatic rings. The van der Waals surface area contributed by atoms with Gasteiger partial charge in [0.25, 0.3) is 11.8 Å². The highest BCUT2D eigenvalue weighted by Gasteiger charge is 2.30. The normalized spacial score (nSPS) is 11.3. The number of halogens is 3. The van der Waals surface area contributed by atoms with Crippen molar-refractivity contribution in [2.24, 2.45) is 0 Å². The zero-order valence-corrected chi connectivity index (χ0v) is 14.7. The number of hydrogen-bond donors (Lipinski definition) is 1. The monoisotopic (exact) mass is 409 g/mol. The summed E-state index contributed by atoms with van der Waals surface area (Å²) in [4.78, 5) is 27.2. The van der Waals surface area contributed by atoms with E-state index in [0.29, 0.717) is 0 Å². The maximum Gasteiger partial charge on any atom is 0.416 e. The first kappa shape index (κ1) is 20.1. The van der Waals surface area contributed by atoms with Gasteiger partial charge in [-0.25, -0.2) is 0 Å². The molecule has 0 fully saturated rings. The number of amides is 1. The van der Waals surface area contributed by atoms with Gasteiger partial charge < -0.3 is 19.0 Å². The van der Waals surface area contributed by atoms with Crippen molar-refractivity contribution in [1.82, 2.24) is 15.5 Å². The van der Waals surface area contributed by atoms with E-state index in [2.05, 4.69) is 15.5 Å². The van der Waals surface area contributed by atoms with E-state index in [9.17, 15) is 22.8 Å². The maximum atomic E-state index is 12.8. The SMILES string of the molecule is O=C(CCNC(=O)c1ccco1)OCc1nc(-c2cccc(C(F)(F)F)c2)no1. The highest BCUT2D eigenvalue weighted by atomic mass is 19.4. The summed E-state index contributed by atoms with van der Waals surface area (Å²) in [5, 5.41) is 6.07. The molecule has 29 heavy (non-hydrogen) atoms. The van der Waals surface area contributed by atoms with Crippen molar-refractivity contribution in [3.8, 4) is 11.4 Å². The highest BCUT2D eigenvalue weighted by molar-refractivity contribution is 5.91. The lowest BCUT2D eigenvalue weighted by atomic mass is 10.1. The third-order valence-electron chi connectivity index (χ3n) is 3.63.